The highest BCUT2D eigenvalue weighted by Gasteiger charge is 2.07. The molecule has 176 valence electrons. The molecule has 0 saturated heterocycles. The molecule has 0 aliphatic heterocycles. The molecule has 0 spiro atoms. The second-order valence-corrected chi connectivity index (χ2v) is 7.71. The van der Waals surface area contributed by atoms with Gasteiger partial charge < -0.3 is 14.2 Å². The van der Waals surface area contributed by atoms with Gasteiger partial charge in [0.05, 0.1) is 0 Å². The lowest BCUT2D eigenvalue weighted by atomic mass is 10.0. The highest BCUT2D eigenvalue weighted by Crippen LogP contribution is 2.24. The molecular weight excluding hydrogens is 444 g/mol. The minimum atomic E-state index is -0.541. The number of carbonyl (C=O) groups is 3. The third kappa shape index (κ3) is 7.40. The van der Waals surface area contributed by atoms with Crippen LogP contribution in [0.4, 0.5) is 0 Å². The summed E-state index contributed by atoms with van der Waals surface area (Å²) in [5, 5.41) is 0. The quantitative estimate of drug-likeness (QED) is 0.231. The van der Waals surface area contributed by atoms with Crippen molar-refractivity contribution < 1.29 is 28.6 Å². The molecule has 0 fully saturated rings. The van der Waals surface area contributed by atoms with E-state index in [-0.39, 0.29) is 5.57 Å². The Morgan fingerprint density at radius 3 is 1.40 bits per heavy atom. The van der Waals surface area contributed by atoms with Crippen molar-refractivity contribution in [3.05, 3.63) is 109 Å². The molecule has 0 saturated carbocycles. The molecule has 0 amide bonds. The first-order valence-corrected chi connectivity index (χ1v) is 10.7. The molecule has 0 aliphatic carbocycles. The number of carbonyl (C=O) groups excluding carboxylic acids is 3. The summed E-state index contributed by atoms with van der Waals surface area (Å²) in [6.07, 6.45) is 2.98. The summed E-state index contributed by atoms with van der Waals surface area (Å²) >= 11 is 0. The van der Waals surface area contributed by atoms with Gasteiger partial charge in [0.25, 0.3) is 0 Å². The first kappa shape index (κ1) is 24.9. The fourth-order valence-electron chi connectivity index (χ4n) is 2.78. The second-order valence-electron chi connectivity index (χ2n) is 7.71. The molecule has 6 heteroatoms. The number of hydrogen-bond acceptors (Lipinski definition) is 6. The van der Waals surface area contributed by atoms with Crippen molar-refractivity contribution in [2.75, 3.05) is 0 Å². The smallest absolute Gasteiger partial charge is 0.338 e. The highest BCUT2D eigenvalue weighted by atomic mass is 16.5. The van der Waals surface area contributed by atoms with Gasteiger partial charge >= 0.3 is 17.9 Å². The van der Waals surface area contributed by atoms with Crippen LogP contribution in [0.15, 0.2) is 103 Å². The van der Waals surface area contributed by atoms with Crippen LogP contribution in [0.5, 0.6) is 17.2 Å². The van der Waals surface area contributed by atoms with Crippen LogP contribution in [0.25, 0.3) is 17.2 Å². The van der Waals surface area contributed by atoms with Crippen LogP contribution in [0.1, 0.15) is 19.4 Å². The minimum Gasteiger partial charge on any atom is -0.423 e. The van der Waals surface area contributed by atoms with Crippen LogP contribution >= 0.6 is 0 Å². The number of rotatable bonds is 8. The molecular formula is C29H24O6. The third-order valence-electron chi connectivity index (χ3n) is 4.67. The van der Waals surface area contributed by atoms with Crippen LogP contribution < -0.4 is 14.2 Å². The maximum Gasteiger partial charge on any atom is 0.338 e. The van der Waals surface area contributed by atoms with Crippen LogP contribution in [-0.2, 0) is 14.4 Å². The number of benzene rings is 3. The van der Waals surface area contributed by atoms with Crippen LogP contribution in [-0.4, -0.2) is 17.9 Å². The van der Waals surface area contributed by atoms with Gasteiger partial charge in [0.1, 0.15) is 17.2 Å². The van der Waals surface area contributed by atoms with Gasteiger partial charge in [0, 0.05) is 17.2 Å². The zero-order valence-corrected chi connectivity index (χ0v) is 19.4. The Morgan fingerprint density at radius 1 is 0.600 bits per heavy atom. The first-order chi connectivity index (χ1) is 16.7. The summed E-state index contributed by atoms with van der Waals surface area (Å²) in [5.74, 6) is -0.431. The first-order valence-electron chi connectivity index (χ1n) is 10.7. The number of esters is 3. The van der Waals surface area contributed by atoms with E-state index in [0.29, 0.717) is 22.8 Å². The van der Waals surface area contributed by atoms with Crippen molar-refractivity contribution in [2.24, 2.45) is 0 Å². The normalized spacial score (nSPS) is 10.5. The van der Waals surface area contributed by atoms with E-state index in [1.165, 1.54) is 30.3 Å². The lowest BCUT2D eigenvalue weighted by Gasteiger charge is -2.06. The van der Waals surface area contributed by atoms with Crippen molar-refractivity contribution in [1.29, 1.82) is 0 Å². The lowest BCUT2D eigenvalue weighted by molar-refractivity contribution is -0.131. The van der Waals surface area contributed by atoms with E-state index in [9.17, 15) is 14.4 Å². The average Bonchev–Trinajstić information content (AvgIpc) is 2.84. The summed E-state index contributed by atoms with van der Waals surface area (Å²) < 4.78 is 15.6. The molecule has 0 atom stereocenters. The predicted octanol–water partition coefficient (Wildman–Crippen LogP) is 5.94. The van der Waals surface area contributed by atoms with Gasteiger partial charge in [0.15, 0.2) is 0 Å². The van der Waals surface area contributed by atoms with E-state index in [1.54, 1.807) is 32.1 Å². The molecule has 0 radical (unpaired) electrons. The Balaban J connectivity index is 1.56. The van der Waals surface area contributed by atoms with Gasteiger partial charge in [-0.25, -0.2) is 14.4 Å². The van der Waals surface area contributed by atoms with Crippen molar-refractivity contribution in [2.45, 2.75) is 13.8 Å². The summed E-state index contributed by atoms with van der Waals surface area (Å²) in [6, 6.07) is 20.9. The van der Waals surface area contributed by atoms with E-state index in [2.05, 4.69) is 13.2 Å². The van der Waals surface area contributed by atoms with Crippen LogP contribution in [0.3, 0.4) is 0 Å². The Bertz CT molecular complexity index is 1280. The van der Waals surface area contributed by atoms with Gasteiger partial charge in [-0.3, -0.25) is 0 Å². The number of ether oxygens (including phenoxy) is 3. The van der Waals surface area contributed by atoms with E-state index >= 15 is 0 Å². The van der Waals surface area contributed by atoms with Gasteiger partial charge in [0.2, 0.25) is 0 Å². The average molecular weight is 469 g/mol. The Morgan fingerprint density at radius 2 is 0.971 bits per heavy atom. The molecule has 35 heavy (non-hydrogen) atoms. The monoisotopic (exact) mass is 468 g/mol. The zero-order valence-electron chi connectivity index (χ0n) is 19.4. The van der Waals surface area contributed by atoms with E-state index in [1.807, 2.05) is 36.4 Å². The minimum absolute atomic E-state index is 0.290. The number of hydrogen-bond donors (Lipinski definition) is 0. The summed E-state index contributed by atoms with van der Waals surface area (Å²) in [4.78, 5) is 35.3. The predicted molar refractivity (Wildman–Crippen MR) is 134 cm³/mol. The maximum absolute atomic E-state index is 12.1. The molecule has 3 rings (SSSR count). The van der Waals surface area contributed by atoms with Gasteiger partial charge in [-0.2, -0.15) is 0 Å². The largest absolute Gasteiger partial charge is 0.423 e. The highest BCUT2D eigenvalue weighted by molar-refractivity contribution is 5.90. The standard InChI is InChI=1S/C29H24O6/c1-19(2)28(31)34-25-12-10-23(11-13-25)22-8-5-21(6-9-22)7-18-27(30)33-24-14-16-26(17-15-24)35-29(32)20(3)4/h5-18H,1,3H2,2,4H3/b18-7+. The fourth-order valence-corrected chi connectivity index (χ4v) is 2.78. The topological polar surface area (TPSA) is 78.9 Å². The molecule has 0 aliphatic rings. The van der Waals surface area contributed by atoms with E-state index in [4.69, 9.17) is 14.2 Å². The van der Waals surface area contributed by atoms with Crippen LogP contribution in [0.2, 0.25) is 0 Å². The SMILES string of the molecule is C=C(C)C(=O)Oc1ccc(OC(=O)/C=C/c2ccc(-c3ccc(OC(=O)C(=C)C)cc3)cc2)cc1. The fraction of sp³-hybridized carbons (Fsp3) is 0.0690. The molecule has 0 bridgehead atoms. The molecule has 0 N–H and O–H groups in total. The summed E-state index contributed by atoms with van der Waals surface area (Å²) in [7, 11) is 0. The van der Waals surface area contributed by atoms with Crippen LogP contribution in [0, 0.1) is 0 Å². The Hall–Kier alpha value is -4.71. The zero-order chi connectivity index (χ0) is 25.4. The molecule has 0 unspecified atom stereocenters. The van der Waals surface area contributed by atoms with Crippen molar-refractivity contribution in [3.63, 3.8) is 0 Å². The Kier molecular flexibility index (Phi) is 8.14. The van der Waals surface area contributed by atoms with Crippen molar-refractivity contribution >= 4 is 24.0 Å². The second kappa shape index (κ2) is 11.4. The third-order valence-corrected chi connectivity index (χ3v) is 4.67. The van der Waals surface area contributed by atoms with Crippen molar-refractivity contribution in [3.8, 4) is 28.4 Å². The molecule has 3 aromatic carbocycles. The van der Waals surface area contributed by atoms with Gasteiger partial charge in [-0.1, -0.05) is 49.6 Å². The lowest BCUT2D eigenvalue weighted by Crippen LogP contribution is -2.08. The molecule has 0 heterocycles. The Labute approximate surface area is 203 Å². The van der Waals surface area contributed by atoms with E-state index < -0.39 is 17.9 Å². The summed E-state index contributed by atoms with van der Waals surface area (Å²) in [6.45, 7) is 10.2. The summed E-state index contributed by atoms with van der Waals surface area (Å²) in [5.41, 5.74) is 3.36. The van der Waals surface area contributed by atoms with Gasteiger partial charge in [-0.05, 0) is 73.0 Å². The van der Waals surface area contributed by atoms with Gasteiger partial charge in [-0.15, -0.1) is 0 Å². The molecule has 0 aromatic heterocycles. The maximum atomic E-state index is 12.1. The molecule has 6 nitrogen and oxygen atoms in total. The van der Waals surface area contributed by atoms with Crippen molar-refractivity contribution in [1.82, 2.24) is 0 Å². The molecule has 3 aromatic rings. The van der Waals surface area contributed by atoms with E-state index in [0.717, 1.165) is 16.7 Å².